The van der Waals surface area contributed by atoms with Gasteiger partial charge in [-0.15, -0.1) is 0 Å². The van der Waals surface area contributed by atoms with Gasteiger partial charge in [-0.2, -0.15) is 0 Å². The summed E-state index contributed by atoms with van der Waals surface area (Å²) in [7, 11) is 2.08. The molecule has 2 amide bonds. The average Bonchev–Trinajstić information content (AvgIpc) is 2.55. The lowest BCUT2D eigenvalue weighted by Crippen LogP contribution is -2.49. The molecule has 1 unspecified atom stereocenters. The van der Waals surface area contributed by atoms with E-state index in [1.165, 1.54) is 0 Å². The number of carbonyl (C=O) groups is 2. The molecule has 5 heteroatoms. The Hall–Kier alpha value is -1.10. The average molecular weight is 225 g/mol. The summed E-state index contributed by atoms with van der Waals surface area (Å²) < 4.78 is 0. The standard InChI is InChI=1S/C11H19N3O2/c1-3-9-10(15)12-14(11(9)16)8-4-6-13(2)7-5-8/h8-9H,3-7H2,1-2H3,(H,12,15). The van der Waals surface area contributed by atoms with Gasteiger partial charge in [0.1, 0.15) is 5.92 Å². The first-order chi connectivity index (χ1) is 7.63. The summed E-state index contributed by atoms with van der Waals surface area (Å²) in [4.78, 5) is 25.8. The predicted octanol–water partition coefficient (Wildman–Crippen LogP) is -0.0198. The van der Waals surface area contributed by atoms with Crippen LogP contribution in [-0.2, 0) is 9.59 Å². The van der Waals surface area contributed by atoms with Gasteiger partial charge in [0.05, 0.1) is 6.04 Å². The smallest absolute Gasteiger partial charge is 0.253 e. The maximum absolute atomic E-state index is 12.0. The van der Waals surface area contributed by atoms with E-state index in [1.807, 2.05) is 6.92 Å². The minimum absolute atomic E-state index is 0.0398. The van der Waals surface area contributed by atoms with Crippen LogP contribution in [0.2, 0.25) is 0 Å². The molecule has 0 aromatic rings. The molecule has 1 N–H and O–H groups in total. The van der Waals surface area contributed by atoms with Gasteiger partial charge in [0.15, 0.2) is 0 Å². The molecule has 16 heavy (non-hydrogen) atoms. The Morgan fingerprint density at radius 2 is 1.94 bits per heavy atom. The molecule has 2 saturated heterocycles. The number of hydrogen-bond acceptors (Lipinski definition) is 3. The molecule has 0 saturated carbocycles. The first-order valence-electron chi connectivity index (χ1n) is 5.95. The molecule has 1 atom stereocenters. The van der Waals surface area contributed by atoms with Crippen LogP contribution >= 0.6 is 0 Å². The van der Waals surface area contributed by atoms with Crippen molar-refractivity contribution in [3.8, 4) is 0 Å². The minimum atomic E-state index is -0.459. The third-order valence-electron chi connectivity index (χ3n) is 3.54. The second kappa shape index (κ2) is 4.41. The zero-order valence-electron chi connectivity index (χ0n) is 9.90. The third-order valence-corrected chi connectivity index (χ3v) is 3.54. The molecule has 0 aromatic carbocycles. The van der Waals surface area contributed by atoms with Crippen LogP contribution in [0, 0.1) is 5.92 Å². The van der Waals surface area contributed by atoms with Gasteiger partial charge in [0.2, 0.25) is 0 Å². The van der Waals surface area contributed by atoms with Crippen LogP contribution < -0.4 is 5.43 Å². The van der Waals surface area contributed by atoms with E-state index >= 15 is 0 Å². The van der Waals surface area contributed by atoms with Crippen LogP contribution in [0.25, 0.3) is 0 Å². The van der Waals surface area contributed by atoms with E-state index in [-0.39, 0.29) is 17.9 Å². The molecular formula is C11H19N3O2. The number of carbonyl (C=O) groups excluding carboxylic acids is 2. The Morgan fingerprint density at radius 1 is 1.31 bits per heavy atom. The summed E-state index contributed by atoms with van der Waals surface area (Å²) in [5.41, 5.74) is 2.72. The molecule has 0 bridgehead atoms. The highest BCUT2D eigenvalue weighted by Crippen LogP contribution is 2.21. The molecule has 2 aliphatic heterocycles. The Morgan fingerprint density at radius 3 is 2.44 bits per heavy atom. The quantitative estimate of drug-likeness (QED) is 0.672. The number of piperidine rings is 1. The van der Waals surface area contributed by atoms with E-state index in [4.69, 9.17) is 0 Å². The van der Waals surface area contributed by atoms with Gasteiger partial charge in [-0.05, 0) is 39.4 Å². The van der Waals surface area contributed by atoms with E-state index < -0.39 is 5.92 Å². The summed E-state index contributed by atoms with van der Waals surface area (Å²) in [6.07, 6.45) is 2.48. The first-order valence-corrected chi connectivity index (χ1v) is 5.95. The van der Waals surface area contributed by atoms with Gasteiger partial charge >= 0.3 is 0 Å². The van der Waals surface area contributed by atoms with E-state index in [9.17, 15) is 9.59 Å². The number of likely N-dealkylation sites (tertiary alicyclic amines) is 1. The van der Waals surface area contributed by atoms with E-state index in [0.717, 1.165) is 25.9 Å². The fourth-order valence-electron chi connectivity index (χ4n) is 2.42. The fraction of sp³-hybridized carbons (Fsp3) is 0.818. The van der Waals surface area contributed by atoms with E-state index in [0.29, 0.717) is 6.42 Å². The van der Waals surface area contributed by atoms with Crippen molar-refractivity contribution in [1.82, 2.24) is 15.3 Å². The van der Waals surface area contributed by atoms with Crippen LogP contribution in [0.5, 0.6) is 0 Å². The molecule has 2 fully saturated rings. The molecule has 0 aliphatic carbocycles. The van der Waals surface area contributed by atoms with Crippen molar-refractivity contribution < 1.29 is 9.59 Å². The summed E-state index contributed by atoms with van der Waals surface area (Å²) in [5.74, 6) is -0.631. The monoisotopic (exact) mass is 225 g/mol. The molecule has 0 spiro atoms. The molecule has 2 aliphatic rings. The maximum Gasteiger partial charge on any atom is 0.253 e. The number of hydrazine groups is 1. The summed E-state index contributed by atoms with van der Waals surface area (Å²) in [6.45, 7) is 3.85. The van der Waals surface area contributed by atoms with Crippen molar-refractivity contribution in [2.45, 2.75) is 32.2 Å². The number of hydrogen-bond donors (Lipinski definition) is 1. The SMILES string of the molecule is CCC1C(=O)NN(C2CCN(C)CC2)C1=O. The van der Waals surface area contributed by atoms with Crippen LogP contribution in [0.3, 0.4) is 0 Å². The van der Waals surface area contributed by atoms with Crippen LogP contribution in [0.1, 0.15) is 26.2 Å². The van der Waals surface area contributed by atoms with E-state index in [1.54, 1.807) is 5.01 Å². The topological polar surface area (TPSA) is 52.7 Å². The second-order valence-electron chi connectivity index (χ2n) is 4.68. The summed E-state index contributed by atoms with van der Waals surface area (Å²) >= 11 is 0. The third kappa shape index (κ3) is 1.91. The normalized spacial score (nSPS) is 28.6. The molecule has 2 heterocycles. The maximum atomic E-state index is 12.0. The van der Waals surface area contributed by atoms with Crippen molar-refractivity contribution in [3.63, 3.8) is 0 Å². The molecular weight excluding hydrogens is 206 g/mol. The summed E-state index contributed by atoms with van der Waals surface area (Å²) in [6, 6.07) is 0.184. The highest BCUT2D eigenvalue weighted by atomic mass is 16.2. The lowest BCUT2D eigenvalue weighted by Gasteiger charge is -2.34. The largest absolute Gasteiger partial charge is 0.306 e. The van der Waals surface area contributed by atoms with Gasteiger partial charge in [0.25, 0.3) is 11.8 Å². The van der Waals surface area contributed by atoms with Crippen molar-refractivity contribution >= 4 is 11.8 Å². The fourth-order valence-corrected chi connectivity index (χ4v) is 2.42. The zero-order chi connectivity index (χ0) is 11.7. The number of nitrogens with one attached hydrogen (secondary N) is 1. The highest BCUT2D eigenvalue weighted by Gasteiger charge is 2.41. The van der Waals surface area contributed by atoms with Crippen LogP contribution in [0.15, 0.2) is 0 Å². The van der Waals surface area contributed by atoms with Gasteiger partial charge in [-0.3, -0.25) is 20.0 Å². The molecule has 0 radical (unpaired) electrons. The van der Waals surface area contributed by atoms with Crippen molar-refractivity contribution in [2.24, 2.45) is 5.92 Å². The Labute approximate surface area is 95.7 Å². The first kappa shape index (κ1) is 11.4. The predicted molar refractivity (Wildman–Crippen MR) is 59.3 cm³/mol. The van der Waals surface area contributed by atoms with Gasteiger partial charge in [0, 0.05) is 0 Å². The Bertz CT molecular complexity index is 298. The molecule has 5 nitrogen and oxygen atoms in total. The Kier molecular flexibility index (Phi) is 3.14. The van der Waals surface area contributed by atoms with E-state index in [2.05, 4.69) is 17.4 Å². The number of nitrogens with zero attached hydrogens (tertiary/aromatic N) is 2. The van der Waals surface area contributed by atoms with Gasteiger partial charge in [-0.25, -0.2) is 0 Å². The number of amides is 2. The van der Waals surface area contributed by atoms with Crippen molar-refractivity contribution in [1.29, 1.82) is 0 Å². The molecule has 0 aromatic heterocycles. The minimum Gasteiger partial charge on any atom is -0.306 e. The van der Waals surface area contributed by atoms with Gasteiger partial charge in [-0.1, -0.05) is 6.92 Å². The summed E-state index contributed by atoms with van der Waals surface area (Å²) in [5, 5.41) is 1.57. The van der Waals surface area contributed by atoms with Crippen molar-refractivity contribution in [3.05, 3.63) is 0 Å². The molecule has 2 rings (SSSR count). The van der Waals surface area contributed by atoms with Crippen LogP contribution in [-0.4, -0.2) is 47.9 Å². The second-order valence-corrected chi connectivity index (χ2v) is 4.68. The van der Waals surface area contributed by atoms with Gasteiger partial charge < -0.3 is 4.90 Å². The van der Waals surface area contributed by atoms with Crippen molar-refractivity contribution in [2.75, 3.05) is 20.1 Å². The Balaban J connectivity index is 2.01. The van der Waals surface area contributed by atoms with Crippen LogP contribution in [0.4, 0.5) is 0 Å². The number of rotatable bonds is 2. The lowest BCUT2D eigenvalue weighted by molar-refractivity contribution is -0.135. The zero-order valence-corrected chi connectivity index (χ0v) is 9.90. The molecule has 90 valence electrons. The lowest BCUT2D eigenvalue weighted by atomic mass is 10.0. The highest BCUT2D eigenvalue weighted by molar-refractivity contribution is 6.05.